The van der Waals surface area contributed by atoms with Crippen LogP contribution in [0.2, 0.25) is 0 Å². The second-order valence-corrected chi connectivity index (χ2v) is 3.53. The van der Waals surface area contributed by atoms with Crippen molar-refractivity contribution in [3.05, 3.63) is 36.2 Å². The van der Waals surface area contributed by atoms with Crippen molar-refractivity contribution >= 4 is 18.0 Å². The molecule has 1 rings (SSSR count). The molecular formula is C12H14N2O4. The van der Waals surface area contributed by atoms with Crippen LogP contribution in [0.4, 0.5) is 0 Å². The lowest BCUT2D eigenvalue weighted by atomic mass is 10.2. The van der Waals surface area contributed by atoms with E-state index in [9.17, 15) is 9.59 Å². The maximum absolute atomic E-state index is 11.4. The van der Waals surface area contributed by atoms with Gasteiger partial charge in [-0.1, -0.05) is 6.07 Å². The van der Waals surface area contributed by atoms with Gasteiger partial charge in [0.05, 0.1) is 0 Å². The summed E-state index contributed by atoms with van der Waals surface area (Å²) in [5.41, 5.74) is 0.738. The fourth-order valence-electron chi connectivity index (χ4n) is 1.25. The highest BCUT2D eigenvalue weighted by atomic mass is 16.4. The Balaban J connectivity index is 2.55. The molecule has 0 radical (unpaired) electrons. The van der Waals surface area contributed by atoms with Gasteiger partial charge in [0.15, 0.2) is 0 Å². The van der Waals surface area contributed by atoms with Crippen molar-refractivity contribution in [2.24, 2.45) is 0 Å². The van der Waals surface area contributed by atoms with Crippen LogP contribution in [0.15, 0.2) is 30.6 Å². The third kappa shape index (κ3) is 4.75. The molecule has 1 amide bonds. The molecule has 1 heterocycles. The van der Waals surface area contributed by atoms with E-state index in [1.54, 1.807) is 24.5 Å². The molecule has 1 aromatic heterocycles. The third-order valence-electron chi connectivity index (χ3n) is 2.14. The molecule has 0 spiro atoms. The van der Waals surface area contributed by atoms with Gasteiger partial charge in [0.1, 0.15) is 6.04 Å². The van der Waals surface area contributed by atoms with Gasteiger partial charge in [-0.15, -0.1) is 0 Å². The molecule has 6 heteroatoms. The Bertz CT molecular complexity index is 431. The molecule has 0 bridgehead atoms. The maximum Gasteiger partial charge on any atom is 0.326 e. The summed E-state index contributed by atoms with van der Waals surface area (Å²) in [5.74, 6) is -1.70. The summed E-state index contributed by atoms with van der Waals surface area (Å²) in [4.78, 5) is 26.1. The van der Waals surface area contributed by atoms with Gasteiger partial charge in [-0.05, 0) is 17.7 Å². The van der Waals surface area contributed by atoms with Crippen LogP contribution in [0.3, 0.4) is 0 Å². The molecule has 3 N–H and O–H groups in total. The number of nitrogens with one attached hydrogen (secondary N) is 1. The smallest absolute Gasteiger partial charge is 0.326 e. The molecule has 1 aromatic rings. The lowest BCUT2D eigenvalue weighted by molar-refractivity contribution is -0.141. The van der Waals surface area contributed by atoms with E-state index in [-0.39, 0.29) is 13.0 Å². The van der Waals surface area contributed by atoms with Crippen LogP contribution in [-0.4, -0.2) is 39.7 Å². The topological polar surface area (TPSA) is 99.5 Å². The molecule has 6 nitrogen and oxygen atoms in total. The number of rotatable bonds is 6. The van der Waals surface area contributed by atoms with Gasteiger partial charge in [0.25, 0.3) is 0 Å². The van der Waals surface area contributed by atoms with Gasteiger partial charge < -0.3 is 15.5 Å². The Labute approximate surface area is 104 Å². The highest BCUT2D eigenvalue weighted by Gasteiger charge is 2.17. The van der Waals surface area contributed by atoms with Gasteiger partial charge in [-0.2, -0.15) is 0 Å². The number of amides is 1. The van der Waals surface area contributed by atoms with E-state index >= 15 is 0 Å². The Morgan fingerprint density at radius 3 is 2.83 bits per heavy atom. The van der Waals surface area contributed by atoms with Gasteiger partial charge in [0, 0.05) is 31.5 Å². The van der Waals surface area contributed by atoms with Crippen molar-refractivity contribution < 1.29 is 19.8 Å². The first-order valence-electron chi connectivity index (χ1n) is 5.35. The van der Waals surface area contributed by atoms with E-state index in [4.69, 9.17) is 10.2 Å². The minimum Gasteiger partial charge on any atom is -0.480 e. The average Bonchev–Trinajstić information content (AvgIpc) is 2.37. The zero-order valence-corrected chi connectivity index (χ0v) is 9.61. The summed E-state index contributed by atoms with van der Waals surface area (Å²) in [6.07, 6.45) is 5.91. The second-order valence-electron chi connectivity index (χ2n) is 3.53. The molecule has 1 atom stereocenters. The van der Waals surface area contributed by atoms with Crippen LogP contribution >= 0.6 is 0 Å². The predicted octanol–water partition coefficient (Wildman–Crippen LogP) is 0.0466. The first-order valence-corrected chi connectivity index (χ1v) is 5.35. The van der Waals surface area contributed by atoms with E-state index in [0.29, 0.717) is 0 Å². The minimum atomic E-state index is -1.17. The molecule has 0 aliphatic carbocycles. The first kappa shape index (κ1) is 13.9. The molecule has 0 aromatic carbocycles. The number of nitrogens with zero attached hydrogens (tertiary/aromatic N) is 1. The van der Waals surface area contributed by atoms with E-state index in [0.717, 1.165) is 5.56 Å². The Hall–Kier alpha value is -2.21. The molecule has 0 saturated heterocycles. The number of carboxylic acid groups (broad SMARTS) is 1. The number of carbonyl (C=O) groups is 2. The standard InChI is InChI=1S/C12H14N2O4/c15-7-5-10(12(17)18)14-11(16)4-3-9-2-1-6-13-8-9/h1-4,6,8,10,15H,5,7H2,(H,14,16)(H,17,18)/b4-3+/t10-/m0/s1. The van der Waals surface area contributed by atoms with Gasteiger partial charge >= 0.3 is 5.97 Å². The fraction of sp³-hybridized carbons (Fsp3) is 0.250. The summed E-state index contributed by atoms with van der Waals surface area (Å²) in [6.45, 7) is -0.302. The number of hydrogen-bond donors (Lipinski definition) is 3. The quantitative estimate of drug-likeness (QED) is 0.619. The van der Waals surface area contributed by atoms with Crippen molar-refractivity contribution in [1.29, 1.82) is 0 Å². The van der Waals surface area contributed by atoms with Crippen molar-refractivity contribution in [2.45, 2.75) is 12.5 Å². The number of aromatic nitrogens is 1. The van der Waals surface area contributed by atoms with Crippen LogP contribution in [0.25, 0.3) is 6.08 Å². The zero-order chi connectivity index (χ0) is 13.4. The number of carboxylic acids is 1. The largest absolute Gasteiger partial charge is 0.480 e. The molecule has 0 aliphatic rings. The van der Waals surface area contributed by atoms with Crippen LogP contribution in [0.1, 0.15) is 12.0 Å². The minimum absolute atomic E-state index is 0.0260. The fourth-order valence-corrected chi connectivity index (χ4v) is 1.25. The predicted molar refractivity (Wildman–Crippen MR) is 64.5 cm³/mol. The number of hydrogen-bond acceptors (Lipinski definition) is 4. The lowest BCUT2D eigenvalue weighted by Gasteiger charge is -2.11. The van der Waals surface area contributed by atoms with E-state index in [2.05, 4.69) is 10.3 Å². The van der Waals surface area contributed by atoms with Crippen molar-refractivity contribution in [2.75, 3.05) is 6.61 Å². The molecule has 96 valence electrons. The van der Waals surface area contributed by atoms with Crippen molar-refractivity contribution in [3.63, 3.8) is 0 Å². The average molecular weight is 250 g/mol. The molecule has 18 heavy (non-hydrogen) atoms. The number of aliphatic hydroxyl groups is 1. The van der Waals surface area contributed by atoms with Crippen LogP contribution in [0, 0.1) is 0 Å². The SMILES string of the molecule is O=C(/C=C/c1cccnc1)N[C@@H](CCO)C(=O)O. The highest BCUT2D eigenvalue weighted by molar-refractivity contribution is 5.94. The maximum atomic E-state index is 11.4. The van der Waals surface area contributed by atoms with Crippen molar-refractivity contribution in [3.8, 4) is 0 Å². The number of pyridine rings is 1. The Kier molecular flexibility index (Phi) is 5.53. The summed E-state index contributed by atoms with van der Waals surface area (Å²) in [5, 5.41) is 19.7. The van der Waals surface area contributed by atoms with Gasteiger partial charge in [0.2, 0.25) is 5.91 Å². The number of aliphatic carboxylic acids is 1. The number of carbonyl (C=O) groups excluding carboxylic acids is 1. The van der Waals surface area contributed by atoms with Crippen LogP contribution in [-0.2, 0) is 9.59 Å². The summed E-state index contributed by atoms with van der Waals surface area (Å²) in [7, 11) is 0. The normalized spacial score (nSPS) is 12.3. The molecular weight excluding hydrogens is 236 g/mol. The summed E-state index contributed by atoms with van der Waals surface area (Å²) in [6, 6.07) is 2.41. The first-order chi connectivity index (χ1) is 8.63. The van der Waals surface area contributed by atoms with Crippen LogP contribution < -0.4 is 5.32 Å². The zero-order valence-electron chi connectivity index (χ0n) is 9.61. The number of aliphatic hydroxyl groups excluding tert-OH is 1. The Morgan fingerprint density at radius 2 is 2.28 bits per heavy atom. The summed E-state index contributed by atoms with van der Waals surface area (Å²) >= 11 is 0. The van der Waals surface area contributed by atoms with Crippen LogP contribution in [0.5, 0.6) is 0 Å². The third-order valence-corrected chi connectivity index (χ3v) is 2.14. The Morgan fingerprint density at radius 1 is 1.50 bits per heavy atom. The molecule has 0 saturated carbocycles. The highest BCUT2D eigenvalue weighted by Crippen LogP contribution is 1.99. The van der Waals surface area contributed by atoms with E-state index in [1.807, 2.05) is 0 Å². The van der Waals surface area contributed by atoms with Gasteiger partial charge in [-0.3, -0.25) is 9.78 Å². The van der Waals surface area contributed by atoms with E-state index < -0.39 is 17.9 Å². The second kappa shape index (κ2) is 7.18. The van der Waals surface area contributed by atoms with E-state index in [1.165, 1.54) is 12.2 Å². The summed E-state index contributed by atoms with van der Waals surface area (Å²) < 4.78 is 0. The molecule has 0 fully saturated rings. The molecule has 0 unspecified atom stereocenters. The van der Waals surface area contributed by atoms with Gasteiger partial charge in [-0.25, -0.2) is 4.79 Å². The molecule has 0 aliphatic heterocycles. The lowest BCUT2D eigenvalue weighted by Crippen LogP contribution is -2.40. The van der Waals surface area contributed by atoms with Crippen molar-refractivity contribution in [1.82, 2.24) is 10.3 Å². The monoisotopic (exact) mass is 250 g/mol.